The number of nitrogens with zero attached hydrogens (tertiary/aromatic N) is 5. The number of hydrogen-bond donors (Lipinski definition) is 1. The summed E-state index contributed by atoms with van der Waals surface area (Å²) >= 11 is 0. The lowest BCUT2D eigenvalue weighted by molar-refractivity contribution is -0.138. The molecule has 0 spiro atoms. The van der Waals surface area contributed by atoms with Crippen molar-refractivity contribution in [3.8, 4) is 5.69 Å². The maximum absolute atomic E-state index is 13.3. The molecule has 1 N–H and O–H groups in total. The molecule has 0 aliphatic carbocycles. The van der Waals surface area contributed by atoms with Gasteiger partial charge in [0.2, 0.25) is 5.91 Å². The Morgan fingerprint density at radius 1 is 1.08 bits per heavy atom. The van der Waals surface area contributed by atoms with Gasteiger partial charge in [-0.05, 0) is 48.7 Å². The molecule has 1 aliphatic rings. The Hall–Kier alpha value is -4.02. The van der Waals surface area contributed by atoms with E-state index in [1.54, 1.807) is 23.0 Å². The Balaban J connectivity index is 1.32. The molecule has 2 aromatic carbocycles. The number of halogens is 4. The van der Waals surface area contributed by atoms with E-state index in [0.717, 1.165) is 12.5 Å². The number of hydrogen-bond acceptors (Lipinski definition) is 5. The minimum atomic E-state index is -4.49. The van der Waals surface area contributed by atoms with Gasteiger partial charge in [0.05, 0.1) is 22.6 Å². The lowest BCUT2D eigenvalue weighted by atomic mass is 9.96. The number of carbonyl (C=O) groups is 1. The van der Waals surface area contributed by atoms with Crippen molar-refractivity contribution in [3.63, 3.8) is 0 Å². The first-order chi connectivity index (χ1) is 17.3. The normalized spacial score (nSPS) is 16.3. The second-order valence-corrected chi connectivity index (χ2v) is 8.64. The molecule has 7 nitrogen and oxygen atoms in total. The number of alkyl halides is 3. The Labute approximate surface area is 203 Å². The number of carbonyl (C=O) groups excluding carboxylic acids is 1. The molecule has 0 unspecified atom stereocenters. The molecule has 36 heavy (non-hydrogen) atoms. The van der Waals surface area contributed by atoms with Crippen LogP contribution >= 0.6 is 0 Å². The number of aromatic nitrogens is 4. The van der Waals surface area contributed by atoms with Crippen LogP contribution in [0.3, 0.4) is 0 Å². The minimum absolute atomic E-state index is 0.0248. The fourth-order valence-electron chi connectivity index (χ4n) is 4.46. The van der Waals surface area contributed by atoms with Crippen LogP contribution in [0.4, 0.5) is 23.4 Å². The molecule has 1 amide bonds. The topological polar surface area (TPSA) is 75.9 Å². The van der Waals surface area contributed by atoms with Crippen LogP contribution in [0, 0.1) is 11.7 Å². The highest BCUT2D eigenvalue weighted by Crippen LogP contribution is 2.32. The summed E-state index contributed by atoms with van der Waals surface area (Å²) in [6, 6.07) is 11.1. The van der Waals surface area contributed by atoms with Gasteiger partial charge in [-0.2, -0.15) is 13.2 Å². The molecule has 4 aromatic rings. The standard InChI is InChI=1S/C25H22F4N6O/c26-18-7-9-19(10-8-18)35-14-20-22(33-35)31-15-32-23(20)34-11-3-5-17(13-34)24(36)30-12-16-4-1-2-6-21(16)25(27,28)29/h1-2,4,6-10,14-15,17H,3,5,11-13H2,(H,30,36)/t17-/m0/s1. The van der Waals surface area contributed by atoms with Gasteiger partial charge < -0.3 is 10.2 Å². The van der Waals surface area contributed by atoms with Crippen molar-refractivity contribution < 1.29 is 22.4 Å². The van der Waals surface area contributed by atoms with Crippen molar-refractivity contribution in [2.75, 3.05) is 18.0 Å². The van der Waals surface area contributed by atoms with Crippen LogP contribution in [-0.4, -0.2) is 38.7 Å². The number of amides is 1. The van der Waals surface area contributed by atoms with E-state index in [1.807, 2.05) is 4.90 Å². The van der Waals surface area contributed by atoms with E-state index < -0.39 is 17.7 Å². The van der Waals surface area contributed by atoms with Crippen LogP contribution in [-0.2, 0) is 17.5 Å². The Bertz CT molecular complexity index is 1390. The highest BCUT2D eigenvalue weighted by molar-refractivity contribution is 5.87. The first-order valence-electron chi connectivity index (χ1n) is 11.4. The van der Waals surface area contributed by atoms with Crippen molar-refractivity contribution in [3.05, 3.63) is 78.0 Å². The summed E-state index contributed by atoms with van der Waals surface area (Å²) in [4.78, 5) is 23.5. The molecule has 3 heterocycles. The van der Waals surface area contributed by atoms with Gasteiger partial charge in [0.15, 0.2) is 5.65 Å². The second-order valence-electron chi connectivity index (χ2n) is 8.64. The molecule has 2 aromatic heterocycles. The summed E-state index contributed by atoms with van der Waals surface area (Å²) < 4.78 is 54.7. The third-order valence-electron chi connectivity index (χ3n) is 6.25. The van der Waals surface area contributed by atoms with Gasteiger partial charge in [0.1, 0.15) is 18.0 Å². The van der Waals surface area contributed by atoms with Gasteiger partial charge in [-0.1, -0.05) is 18.2 Å². The second kappa shape index (κ2) is 9.56. The van der Waals surface area contributed by atoms with Gasteiger partial charge in [-0.25, -0.2) is 19.0 Å². The third kappa shape index (κ3) is 4.86. The van der Waals surface area contributed by atoms with Crippen LogP contribution in [0.15, 0.2) is 61.1 Å². The summed E-state index contributed by atoms with van der Waals surface area (Å²) in [5, 5.41) is 7.82. The molecule has 1 fully saturated rings. The van der Waals surface area contributed by atoms with E-state index in [9.17, 15) is 22.4 Å². The van der Waals surface area contributed by atoms with Gasteiger partial charge in [-0.15, -0.1) is 5.10 Å². The zero-order valence-electron chi connectivity index (χ0n) is 19.0. The number of nitrogens with one attached hydrogen (secondary N) is 1. The van der Waals surface area contributed by atoms with Crippen LogP contribution < -0.4 is 10.2 Å². The predicted octanol–water partition coefficient (Wildman–Crippen LogP) is 4.51. The van der Waals surface area contributed by atoms with Crippen molar-refractivity contribution in [1.82, 2.24) is 25.1 Å². The molecule has 1 atom stereocenters. The fourth-order valence-corrected chi connectivity index (χ4v) is 4.46. The summed E-state index contributed by atoms with van der Waals surface area (Å²) in [5.74, 6) is -0.443. The van der Waals surface area contributed by atoms with Gasteiger partial charge in [0.25, 0.3) is 0 Å². The highest BCUT2D eigenvalue weighted by Gasteiger charge is 2.33. The average Bonchev–Trinajstić information content (AvgIpc) is 3.32. The molecule has 0 bridgehead atoms. The molecule has 1 aliphatic heterocycles. The van der Waals surface area contributed by atoms with Gasteiger partial charge in [0, 0.05) is 25.8 Å². The number of fused-ring (bicyclic) bond motifs is 1. The Morgan fingerprint density at radius 3 is 2.64 bits per heavy atom. The fraction of sp³-hybridized carbons (Fsp3) is 0.280. The zero-order chi connectivity index (χ0) is 25.3. The molecule has 0 saturated carbocycles. The number of rotatable bonds is 5. The SMILES string of the molecule is O=C(NCc1ccccc1C(F)(F)F)[C@H]1CCCN(c2ncnc3nn(-c4ccc(F)cc4)cc23)C1. The first kappa shape index (κ1) is 23.7. The van der Waals surface area contributed by atoms with Gasteiger partial charge >= 0.3 is 6.18 Å². The quantitative estimate of drug-likeness (QED) is 0.410. The summed E-state index contributed by atoms with van der Waals surface area (Å²) in [6.45, 7) is 0.822. The van der Waals surface area contributed by atoms with Gasteiger partial charge in [-0.3, -0.25) is 4.79 Å². The lowest BCUT2D eigenvalue weighted by Gasteiger charge is -2.33. The number of piperidine rings is 1. The monoisotopic (exact) mass is 498 g/mol. The molecule has 1 saturated heterocycles. The number of benzene rings is 2. The molecular formula is C25H22F4N6O. The number of anilines is 1. The van der Waals surface area contributed by atoms with E-state index in [-0.39, 0.29) is 23.8 Å². The largest absolute Gasteiger partial charge is 0.416 e. The summed E-state index contributed by atoms with van der Waals surface area (Å²) in [5.41, 5.74) is 0.392. The van der Waals surface area contributed by atoms with Crippen molar-refractivity contribution in [1.29, 1.82) is 0 Å². The van der Waals surface area contributed by atoms with Crippen LogP contribution in [0.1, 0.15) is 24.0 Å². The van der Waals surface area contributed by atoms with Crippen LogP contribution in [0.25, 0.3) is 16.7 Å². The van der Waals surface area contributed by atoms with Crippen LogP contribution in [0.5, 0.6) is 0 Å². The average molecular weight is 498 g/mol. The smallest absolute Gasteiger partial charge is 0.355 e. The summed E-state index contributed by atoms with van der Waals surface area (Å²) in [7, 11) is 0. The maximum atomic E-state index is 13.3. The van der Waals surface area contributed by atoms with Crippen molar-refractivity contribution in [2.45, 2.75) is 25.6 Å². The molecular weight excluding hydrogens is 476 g/mol. The Morgan fingerprint density at radius 2 is 1.86 bits per heavy atom. The maximum Gasteiger partial charge on any atom is 0.416 e. The predicted molar refractivity (Wildman–Crippen MR) is 125 cm³/mol. The minimum Gasteiger partial charge on any atom is -0.355 e. The van der Waals surface area contributed by atoms with E-state index in [0.29, 0.717) is 42.0 Å². The third-order valence-corrected chi connectivity index (χ3v) is 6.25. The molecule has 186 valence electrons. The van der Waals surface area contributed by atoms with E-state index in [1.165, 1.54) is 36.7 Å². The summed E-state index contributed by atoms with van der Waals surface area (Å²) in [6.07, 6.45) is 0.00785. The molecule has 5 rings (SSSR count). The van der Waals surface area contributed by atoms with Crippen molar-refractivity contribution >= 4 is 22.8 Å². The van der Waals surface area contributed by atoms with E-state index in [2.05, 4.69) is 20.4 Å². The lowest BCUT2D eigenvalue weighted by Crippen LogP contribution is -2.43. The highest BCUT2D eigenvalue weighted by atomic mass is 19.4. The molecule has 11 heteroatoms. The Kier molecular flexibility index (Phi) is 6.29. The first-order valence-corrected chi connectivity index (χ1v) is 11.4. The zero-order valence-corrected chi connectivity index (χ0v) is 19.0. The van der Waals surface area contributed by atoms with Crippen molar-refractivity contribution in [2.24, 2.45) is 5.92 Å². The van der Waals surface area contributed by atoms with E-state index >= 15 is 0 Å². The molecule has 0 radical (unpaired) electrons. The van der Waals surface area contributed by atoms with E-state index in [4.69, 9.17) is 0 Å². The van der Waals surface area contributed by atoms with Crippen LogP contribution in [0.2, 0.25) is 0 Å².